The summed E-state index contributed by atoms with van der Waals surface area (Å²) in [5.74, 6) is 2.68. The van der Waals surface area contributed by atoms with Crippen LogP contribution in [-0.4, -0.2) is 37.8 Å². The molecule has 3 atom stereocenters. The fourth-order valence-electron chi connectivity index (χ4n) is 4.49. The van der Waals surface area contributed by atoms with Crippen LogP contribution in [0.2, 0.25) is 0 Å². The first kappa shape index (κ1) is 16.4. The van der Waals surface area contributed by atoms with Crippen LogP contribution in [0.1, 0.15) is 17.6 Å². The van der Waals surface area contributed by atoms with Crippen LogP contribution in [0.5, 0.6) is 0 Å². The van der Waals surface area contributed by atoms with Gasteiger partial charge in [-0.3, -0.25) is 14.3 Å². The van der Waals surface area contributed by atoms with Crippen molar-refractivity contribution in [2.24, 2.45) is 11.8 Å². The van der Waals surface area contributed by atoms with Crippen LogP contribution in [-0.2, 0) is 6.54 Å². The van der Waals surface area contributed by atoms with Gasteiger partial charge in [-0.05, 0) is 30.0 Å². The van der Waals surface area contributed by atoms with Gasteiger partial charge in [-0.1, -0.05) is 23.4 Å². The van der Waals surface area contributed by atoms with Gasteiger partial charge in [0, 0.05) is 30.9 Å². The van der Waals surface area contributed by atoms with Crippen LogP contribution in [0.4, 0.5) is 5.69 Å². The van der Waals surface area contributed by atoms with E-state index in [1.165, 1.54) is 16.6 Å². The van der Waals surface area contributed by atoms with Gasteiger partial charge in [0.1, 0.15) is 6.54 Å². The number of piperidine rings is 1. The Morgan fingerprint density at radius 3 is 2.76 bits per heavy atom. The summed E-state index contributed by atoms with van der Waals surface area (Å²) in [6.07, 6.45) is 4.67. The van der Waals surface area contributed by atoms with Gasteiger partial charge in [-0.15, -0.1) is 0 Å². The lowest BCUT2D eigenvalue weighted by atomic mass is 10.2. The van der Waals surface area contributed by atoms with Crippen LogP contribution >= 0.6 is 0 Å². The standard InChI is InChI=1S/C21H18N6O2/c28-21-14-6-7-22-8-17(14)23-12-27(21)11-18-24-20(25-29-18)19-15-9-26(10-16(15)19)13-4-2-1-3-5-13/h1-8,12,15-16,19H,9-11H2/t15-,16+,19?. The average Bonchev–Trinajstić information content (AvgIpc) is 3.11. The highest BCUT2D eigenvalue weighted by Gasteiger charge is 2.58. The Kier molecular flexibility index (Phi) is 3.53. The molecule has 8 nitrogen and oxygen atoms in total. The molecule has 1 aliphatic carbocycles. The van der Waals surface area contributed by atoms with E-state index in [0.29, 0.717) is 34.5 Å². The third-order valence-corrected chi connectivity index (χ3v) is 6.03. The Bertz CT molecular complexity index is 1240. The number of aromatic nitrogens is 5. The molecule has 1 unspecified atom stereocenters. The number of pyridine rings is 1. The van der Waals surface area contributed by atoms with Crippen molar-refractivity contribution in [3.05, 3.63) is 77.2 Å². The number of fused-ring (bicyclic) bond motifs is 2. The SMILES string of the molecule is O=c1c2ccncc2ncn1Cc1nc(C2[C@H]3CN(c4ccccc4)C[C@@H]23)no1. The van der Waals surface area contributed by atoms with Crippen LogP contribution in [0, 0.1) is 11.8 Å². The quantitative estimate of drug-likeness (QED) is 0.530. The monoisotopic (exact) mass is 386 g/mol. The van der Waals surface area contributed by atoms with Crippen molar-refractivity contribution >= 4 is 16.6 Å². The van der Waals surface area contributed by atoms with Crippen molar-refractivity contribution in [2.45, 2.75) is 12.5 Å². The molecule has 8 heteroatoms. The number of anilines is 1. The van der Waals surface area contributed by atoms with E-state index in [1.807, 2.05) is 6.07 Å². The van der Waals surface area contributed by atoms with Gasteiger partial charge in [0.05, 0.1) is 23.4 Å². The maximum Gasteiger partial charge on any atom is 0.261 e. The largest absolute Gasteiger partial charge is 0.371 e. The number of hydrogen-bond donors (Lipinski definition) is 0. The number of para-hydroxylation sites is 1. The number of hydrogen-bond acceptors (Lipinski definition) is 7. The zero-order valence-corrected chi connectivity index (χ0v) is 15.5. The lowest BCUT2D eigenvalue weighted by Gasteiger charge is -2.21. The molecule has 2 fully saturated rings. The van der Waals surface area contributed by atoms with E-state index < -0.39 is 0 Å². The minimum Gasteiger partial charge on any atom is -0.371 e. The Balaban J connectivity index is 1.17. The second kappa shape index (κ2) is 6.23. The van der Waals surface area contributed by atoms with Gasteiger partial charge >= 0.3 is 0 Å². The fourth-order valence-corrected chi connectivity index (χ4v) is 4.49. The maximum absolute atomic E-state index is 12.6. The van der Waals surface area contributed by atoms with Crippen molar-refractivity contribution in [1.29, 1.82) is 0 Å². The molecule has 4 aromatic rings. The molecule has 6 rings (SSSR count). The van der Waals surface area contributed by atoms with Gasteiger partial charge < -0.3 is 9.42 Å². The van der Waals surface area contributed by atoms with Gasteiger partial charge in [0.2, 0.25) is 5.89 Å². The van der Waals surface area contributed by atoms with Gasteiger partial charge in [0.15, 0.2) is 5.82 Å². The van der Waals surface area contributed by atoms with E-state index in [4.69, 9.17) is 4.52 Å². The first-order valence-electron chi connectivity index (χ1n) is 9.69. The van der Waals surface area contributed by atoms with E-state index in [0.717, 1.165) is 18.9 Å². The minimum absolute atomic E-state index is 0.140. The summed E-state index contributed by atoms with van der Waals surface area (Å²) in [5.41, 5.74) is 1.71. The van der Waals surface area contributed by atoms with Crippen molar-refractivity contribution in [1.82, 2.24) is 24.7 Å². The summed E-state index contributed by atoms with van der Waals surface area (Å²) in [7, 11) is 0. The fraction of sp³-hybridized carbons (Fsp3) is 0.286. The highest BCUT2D eigenvalue weighted by molar-refractivity contribution is 5.75. The normalized spacial score (nSPS) is 22.8. The topological polar surface area (TPSA) is 89.9 Å². The zero-order valence-electron chi connectivity index (χ0n) is 15.5. The first-order valence-corrected chi connectivity index (χ1v) is 9.69. The van der Waals surface area contributed by atoms with E-state index in [2.05, 4.69) is 49.3 Å². The minimum atomic E-state index is -0.140. The molecule has 144 valence electrons. The molecular weight excluding hydrogens is 368 g/mol. The van der Waals surface area contributed by atoms with Crippen LogP contribution in [0.3, 0.4) is 0 Å². The summed E-state index contributed by atoms with van der Waals surface area (Å²) in [4.78, 5) is 27.9. The molecule has 0 bridgehead atoms. The van der Waals surface area contributed by atoms with Crippen molar-refractivity contribution in [2.75, 3.05) is 18.0 Å². The smallest absolute Gasteiger partial charge is 0.261 e. The van der Waals surface area contributed by atoms with Gasteiger partial charge in [-0.2, -0.15) is 4.98 Å². The van der Waals surface area contributed by atoms with Gasteiger partial charge in [-0.25, -0.2) is 4.98 Å². The summed E-state index contributed by atoms with van der Waals surface area (Å²) in [5, 5.41) is 4.72. The van der Waals surface area contributed by atoms with Crippen LogP contribution in [0.25, 0.3) is 10.9 Å². The molecule has 4 heterocycles. The molecule has 0 N–H and O–H groups in total. The lowest BCUT2D eigenvalue weighted by Crippen LogP contribution is -2.23. The molecular formula is C21H18N6O2. The summed E-state index contributed by atoms with van der Waals surface area (Å²) in [6, 6.07) is 12.2. The first-order chi connectivity index (χ1) is 14.3. The molecule has 0 amide bonds. The molecule has 29 heavy (non-hydrogen) atoms. The van der Waals surface area contributed by atoms with Crippen molar-refractivity contribution < 1.29 is 4.52 Å². The zero-order chi connectivity index (χ0) is 19.4. The summed E-state index contributed by atoms with van der Waals surface area (Å²) >= 11 is 0. The highest BCUT2D eigenvalue weighted by atomic mass is 16.5. The molecule has 2 aliphatic rings. The second-order valence-corrected chi connectivity index (χ2v) is 7.71. The molecule has 1 aliphatic heterocycles. The maximum atomic E-state index is 12.6. The van der Waals surface area contributed by atoms with E-state index in [-0.39, 0.29) is 12.1 Å². The van der Waals surface area contributed by atoms with Crippen molar-refractivity contribution in [3.63, 3.8) is 0 Å². The molecule has 1 saturated carbocycles. The predicted molar refractivity (Wildman–Crippen MR) is 106 cm³/mol. The lowest BCUT2D eigenvalue weighted by molar-refractivity contribution is 0.363. The third-order valence-electron chi connectivity index (χ3n) is 6.03. The molecule has 0 radical (unpaired) electrons. The Labute approximate surface area is 165 Å². The highest BCUT2D eigenvalue weighted by Crippen LogP contribution is 2.57. The predicted octanol–water partition coefficient (Wildman–Crippen LogP) is 2.07. The van der Waals surface area contributed by atoms with Crippen LogP contribution in [0.15, 0.2) is 64.4 Å². The molecule has 3 aromatic heterocycles. The second-order valence-electron chi connectivity index (χ2n) is 7.71. The average molecular weight is 386 g/mol. The van der Waals surface area contributed by atoms with E-state index in [9.17, 15) is 4.79 Å². The number of benzene rings is 1. The van der Waals surface area contributed by atoms with Crippen LogP contribution < -0.4 is 10.5 Å². The molecule has 1 saturated heterocycles. The number of nitrogens with zero attached hydrogens (tertiary/aromatic N) is 6. The molecule has 0 spiro atoms. The van der Waals surface area contributed by atoms with E-state index in [1.54, 1.807) is 18.5 Å². The Hall–Kier alpha value is -3.55. The Morgan fingerprint density at radius 1 is 1.10 bits per heavy atom. The van der Waals surface area contributed by atoms with E-state index >= 15 is 0 Å². The molecule has 1 aromatic carbocycles. The van der Waals surface area contributed by atoms with Crippen molar-refractivity contribution in [3.8, 4) is 0 Å². The Morgan fingerprint density at radius 2 is 1.93 bits per heavy atom. The number of rotatable bonds is 4. The summed E-state index contributed by atoms with van der Waals surface area (Å²) in [6.45, 7) is 2.26. The summed E-state index contributed by atoms with van der Waals surface area (Å²) < 4.78 is 6.93. The van der Waals surface area contributed by atoms with Gasteiger partial charge in [0.25, 0.3) is 5.56 Å². The third kappa shape index (κ3) is 2.71.